The largest absolute Gasteiger partial charge is 0.469 e. The lowest BCUT2D eigenvalue weighted by molar-refractivity contribution is -0.139. The molecule has 4 nitrogen and oxygen atoms in total. The zero-order valence-electron chi connectivity index (χ0n) is 11.0. The van der Waals surface area contributed by atoms with Gasteiger partial charge in [0.2, 0.25) is 0 Å². The van der Waals surface area contributed by atoms with Crippen LogP contribution in [0.4, 0.5) is 0 Å². The minimum Gasteiger partial charge on any atom is -0.469 e. The molecule has 0 aliphatic heterocycles. The molecule has 20 heavy (non-hydrogen) atoms. The summed E-state index contributed by atoms with van der Waals surface area (Å²) in [7, 11) is 1.36. The van der Waals surface area contributed by atoms with Gasteiger partial charge in [0.1, 0.15) is 0 Å². The number of carbonyl (C=O) groups excluding carboxylic acids is 1. The molecule has 0 atom stereocenters. The molecule has 0 aliphatic carbocycles. The molecule has 0 fully saturated rings. The van der Waals surface area contributed by atoms with E-state index in [1.54, 1.807) is 16.8 Å². The lowest BCUT2D eigenvalue weighted by Gasteiger charge is -2.11. The van der Waals surface area contributed by atoms with Gasteiger partial charge >= 0.3 is 5.97 Å². The standard InChI is InChI=1S/C15H14BrNO3/c1-20-15(19)8-11-4-2-3-5-12(11)9-17-10-13(16)6-7-14(17)18/h2-7,10H,8-9H2,1H3. The van der Waals surface area contributed by atoms with Gasteiger partial charge in [0.05, 0.1) is 20.1 Å². The number of nitrogens with zero attached hydrogens (tertiary/aromatic N) is 1. The first kappa shape index (κ1) is 14.5. The summed E-state index contributed by atoms with van der Waals surface area (Å²) < 4.78 is 7.12. The molecule has 1 heterocycles. The van der Waals surface area contributed by atoms with Crippen LogP contribution in [0.3, 0.4) is 0 Å². The molecule has 0 bridgehead atoms. The number of methoxy groups -OCH3 is 1. The second-order valence-corrected chi connectivity index (χ2v) is 5.25. The van der Waals surface area contributed by atoms with Crippen LogP contribution in [0, 0.1) is 0 Å². The van der Waals surface area contributed by atoms with E-state index in [0.717, 1.165) is 15.6 Å². The monoisotopic (exact) mass is 335 g/mol. The second kappa shape index (κ2) is 6.52. The fourth-order valence-electron chi connectivity index (χ4n) is 1.92. The number of pyridine rings is 1. The number of ether oxygens (including phenoxy) is 1. The molecule has 2 aromatic rings. The van der Waals surface area contributed by atoms with E-state index in [2.05, 4.69) is 20.7 Å². The molecule has 0 spiro atoms. The van der Waals surface area contributed by atoms with Crippen molar-refractivity contribution in [2.24, 2.45) is 0 Å². The maximum absolute atomic E-state index is 11.8. The van der Waals surface area contributed by atoms with Gasteiger partial charge in [-0.05, 0) is 33.1 Å². The molecular formula is C15H14BrNO3. The van der Waals surface area contributed by atoms with E-state index in [9.17, 15) is 9.59 Å². The van der Waals surface area contributed by atoms with Gasteiger partial charge in [0.25, 0.3) is 5.56 Å². The number of benzene rings is 1. The van der Waals surface area contributed by atoms with Gasteiger partial charge in [-0.2, -0.15) is 0 Å². The topological polar surface area (TPSA) is 48.3 Å². The van der Waals surface area contributed by atoms with Crippen LogP contribution in [0.25, 0.3) is 0 Å². The number of esters is 1. The van der Waals surface area contributed by atoms with Crippen molar-refractivity contribution >= 4 is 21.9 Å². The maximum atomic E-state index is 11.8. The van der Waals surface area contributed by atoms with Crippen molar-refractivity contribution in [1.82, 2.24) is 4.57 Å². The smallest absolute Gasteiger partial charge is 0.309 e. The van der Waals surface area contributed by atoms with E-state index in [0.29, 0.717) is 6.54 Å². The molecule has 0 unspecified atom stereocenters. The highest BCUT2D eigenvalue weighted by atomic mass is 79.9. The van der Waals surface area contributed by atoms with Crippen LogP contribution < -0.4 is 5.56 Å². The van der Waals surface area contributed by atoms with Gasteiger partial charge in [0.15, 0.2) is 0 Å². The van der Waals surface area contributed by atoms with Crippen LogP contribution >= 0.6 is 15.9 Å². The molecule has 0 aliphatic rings. The third kappa shape index (κ3) is 3.57. The SMILES string of the molecule is COC(=O)Cc1ccccc1Cn1cc(Br)ccc1=O. The molecule has 0 saturated heterocycles. The summed E-state index contributed by atoms with van der Waals surface area (Å²) >= 11 is 3.35. The number of rotatable bonds is 4. The molecule has 0 amide bonds. The summed E-state index contributed by atoms with van der Waals surface area (Å²) in [6.45, 7) is 0.422. The zero-order chi connectivity index (χ0) is 14.5. The van der Waals surface area contributed by atoms with Crippen LogP contribution in [-0.2, 0) is 22.5 Å². The first-order valence-electron chi connectivity index (χ1n) is 6.10. The van der Waals surface area contributed by atoms with E-state index in [1.807, 2.05) is 24.3 Å². The van der Waals surface area contributed by atoms with Crippen molar-refractivity contribution in [3.05, 3.63) is 68.5 Å². The Labute approximate surface area is 125 Å². The number of carbonyl (C=O) groups is 1. The van der Waals surface area contributed by atoms with Crippen LogP contribution in [0.15, 0.2) is 51.9 Å². The summed E-state index contributed by atoms with van der Waals surface area (Å²) in [5.74, 6) is -0.293. The van der Waals surface area contributed by atoms with Crippen molar-refractivity contribution in [1.29, 1.82) is 0 Å². The molecule has 104 valence electrons. The fraction of sp³-hybridized carbons (Fsp3) is 0.200. The third-order valence-electron chi connectivity index (χ3n) is 2.97. The Kier molecular flexibility index (Phi) is 4.74. The van der Waals surface area contributed by atoms with Crippen molar-refractivity contribution in [2.75, 3.05) is 7.11 Å². The fourth-order valence-corrected chi connectivity index (χ4v) is 2.30. The van der Waals surface area contributed by atoms with Crippen LogP contribution in [0.5, 0.6) is 0 Å². The Balaban J connectivity index is 2.31. The van der Waals surface area contributed by atoms with Crippen LogP contribution in [-0.4, -0.2) is 17.6 Å². The van der Waals surface area contributed by atoms with E-state index in [1.165, 1.54) is 13.2 Å². The Morgan fingerprint density at radius 3 is 2.60 bits per heavy atom. The lowest BCUT2D eigenvalue weighted by atomic mass is 10.0. The van der Waals surface area contributed by atoms with Crippen molar-refractivity contribution in [3.8, 4) is 0 Å². The van der Waals surface area contributed by atoms with Gasteiger partial charge in [0, 0.05) is 16.7 Å². The maximum Gasteiger partial charge on any atom is 0.309 e. The summed E-state index contributed by atoms with van der Waals surface area (Å²) in [6, 6.07) is 10.7. The molecule has 2 rings (SSSR count). The molecule has 5 heteroatoms. The summed E-state index contributed by atoms with van der Waals surface area (Å²) in [5, 5.41) is 0. The quantitative estimate of drug-likeness (QED) is 0.806. The molecule has 1 aromatic carbocycles. The molecule has 0 N–H and O–H groups in total. The minimum absolute atomic E-state index is 0.0823. The molecule has 0 saturated carbocycles. The van der Waals surface area contributed by atoms with E-state index in [4.69, 9.17) is 0 Å². The normalized spacial score (nSPS) is 10.3. The average Bonchev–Trinajstić information content (AvgIpc) is 2.44. The van der Waals surface area contributed by atoms with Crippen LogP contribution in [0.2, 0.25) is 0 Å². The predicted molar refractivity (Wildman–Crippen MR) is 79.7 cm³/mol. The number of halogens is 1. The summed E-state index contributed by atoms with van der Waals surface area (Å²) in [6.07, 6.45) is 1.94. The highest BCUT2D eigenvalue weighted by Gasteiger charge is 2.08. The Hall–Kier alpha value is -1.88. The average molecular weight is 336 g/mol. The second-order valence-electron chi connectivity index (χ2n) is 4.34. The van der Waals surface area contributed by atoms with Crippen molar-refractivity contribution in [2.45, 2.75) is 13.0 Å². The minimum atomic E-state index is -0.293. The number of hydrogen-bond acceptors (Lipinski definition) is 3. The first-order chi connectivity index (χ1) is 9.60. The zero-order valence-corrected chi connectivity index (χ0v) is 12.6. The molecular weight excluding hydrogens is 322 g/mol. The highest BCUT2D eigenvalue weighted by Crippen LogP contribution is 2.13. The van der Waals surface area contributed by atoms with E-state index in [-0.39, 0.29) is 17.9 Å². The van der Waals surface area contributed by atoms with Gasteiger partial charge in [-0.3, -0.25) is 9.59 Å². The molecule has 1 aromatic heterocycles. The Bertz CT molecular complexity index is 679. The van der Waals surface area contributed by atoms with E-state index < -0.39 is 0 Å². The van der Waals surface area contributed by atoms with Gasteiger partial charge < -0.3 is 9.30 Å². The number of hydrogen-bond donors (Lipinski definition) is 0. The first-order valence-corrected chi connectivity index (χ1v) is 6.89. The predicted octanol–water partition coefficient (Wildman–Crippen LogP) is 2.37. The lowest BCUT2D eigenvalue weighted by Crippen LogP contribution is -2.20. The van der Waals surface area contributed by atoms with E-state index >= 15 is 0 Å². The summed E-state index contributed by atoms with van der Waals surface area (Å²) in [5.41, 5.74) is 1.71. The van der Waals surface area contributed by atoms with Gasteiger partial charge in [-0.25, -0.2) is 0 Å². The third-order valence-corrected chi connectivity index (χ3v) is 3.44. The Morgan fingerprint density at radius 2 is 1.90 bits per heavy atom. The van der Waals surface area contributed by atoms with Gasteiger partial charge in [-0.1, -0.05) is 24.3 Å². The Morgan fingerprint density at radius 1 is 1.20 bits per heavy atom. The van der Waals surface area contributed by atoms with Gasteiger partial charge in [-0.15, -0.1) is 0 Å². The van der Waals surface area contributed by atoms with Crippen LogP contribution in [0.1, 0.15) is 11.1 Å². The number of aromatic nitrogens is 1. The van der Waals surface area contributed by atoms with Crippen molar-refractivity contribution < 1.29 is 9.53 Å². The van der Waals surface area contributed by atoms with Crippen molar-refractivity contribution in [3.63, 3.8) is 0 Å². The highest BCUT2D eigenvalue weighted by molar-refractivity contribution is 9.10. The summed E-state index contributed by atoms with van der Waals surface area (Å²) in [4.78, 5) is 23.2. The molecule has 0 radical (unpaired) electrons.